The zero-order valence-electron chi connectivity index (χ0n) is 12.0. The van der Waals surface area contributed by atoms with Crippen LogP contribution in [0.15, 0.2) is 18.2 Å². The molecule has 0 radical (unpaired) electrons. The third kappa shape index (κ3) is 5.91. The number of carboxylic acid groups (broad SMARTS) is 1. The highest BCUT2D eigenvalue weighted by molar-refractivity contribution is 6.32. The Balaban J connectivity index is 2.50. The molecule has 3 N–H and O–H groups in total. The molecular weight excluding hydrogens is 296 g/mol. The largest absolute Gasteiger partial charge is 0.495 e. The Hall–Kier alpha value is -1.95. The van der Waals surface area contributed by atoms with Crippen LogP contribution in [0.4, 0.5) is 10.5 Å². The van der Waals surface area contributed by atoms with E-state index in [0.29, 0.717) is 29.4 Å². The summed E-state index contributed by atoms with van der Waals surface area (Å²) in [4.78, 5) is 22.4. The molecule has 7 heteroatoms. The van der Waals surface area contributed by atoms with Crippen LogP contribution in [0, 0.1) is 5.92 Å². The van der Waals surface area contributed by atoms with Crippen LogP contribution in [0.2, 0.25) is 5.02 Å². The van der Waals surface area contributed by atoms with Crippen LogP contribution < -0.4 is 15.4 Å². The van der Waals surface area contributed by atoms with Gasteiger partial charge in [-0.1, -0.05) is 24.9 Å². The van der Waals surface area contributed by atoms with Crippen LogP contribution in [0.1, 0.15) is 19.8 Å². The summed E-state index contributed by atoms with van der Waals surface area (Å²) in [5.74, 6) is -0.436. The summed E-state index contributed by atoms with van der Waals surface area (Å²) in [5.41, 5.74) is 0.532. The van der Waals surface area contributed by atoms with E-state index in [1.165, 1.54) is 7.11 Å². The van der Waals surface area contributed by atoms with E-state index >= 15 is 0 Å². The minimum atomic E-state index is -0.869. The number of ether oxygens (including phenoxy) is 1. The second-order valence-corrected chi connectivity index (χ2v) is 4.96. The van der Waals surface area contributed by atoms with Crippen molar-refractivity contribution >= 4 is 29.3 Å². The van der Waals surface area contributed by atoms with Crippen LogP contribution in [-0.4, -0.2) is 30.8 Å². The standard InChI is InChI=1S/C14H19ClN2O4/c1-3-9(6-13(18)19)8-16-14(20)17-10-4-5-12(21-2)11(15)7-10/h4-5,7,9H,3,6,8H2,1-2H3,(H,18,19)(H2,16,17,20). The zero-order chi connectivity index (χ0) is 15.8. The van der Waals surface area contributed by atoms with Gasteiger partial charge in [0.25, 0.3) is 0 Å². The van der Waals surface area contributed by atoms with Crippen LogP contribution in [0.3, 0.4) is 0 Å². The van der Waals surface area contributed by atoms with Crippen molar-refractivity contribution in [1.29, 1.82) is 0 Å². The lowest BCUT2D eigenvalue weighted by Gasteiger charge is -2.14. The van der Waals surface area contributed by atoms with Gasteiger partial charge >= 0.3 is 12.0 Å². The summed E-state index contributed by atoms with van der Waals surface area (Å²) in [7, 11) is 1.51. The van der Waals surface area contributed by atoms with E-state index in [4.69, 9.17) is 21.4 Å². The van der Waals surface area contributed by atoms with Gasteiger partial charge in [0.1, 0.15) is 5.75 Å². The molecule has 0 aliphatic heterocycles. The number of nitrogens with one attached hydrogen (secondary N) is 2. The summed E-state index contributed by atoms with van der Waals surface area (Å²) in [6, 6.07) is 4.49. The number of methoxy groups -OCH3 is 1. The van der Waals surface area contributed by atoms with Crippen LogP contribution in [0.25, 0.3) is 0 Å². The van der Waals surface area contributed by atoms with Gasteiger partial charge in [-0.15, -0.1) is 0 Å². The molecule has 0 bridgehead atoms. The number of carbonyl (C=O) groups excluding carboxylic acids is 1. The molecule has 1 atom stereocenters. The van der Waals surface area contributed by atoms with E-state index in [-0.39, 0.29) is 12.3 Å². The molecule has 0 saturated carbocycles. The highest BCUT2D eigenvalue weighted by Gasteiger charge is 2.12. The fourth-order valence-electron chi connectivity index (χ4n) is 1.76. The number of hydrogen-bond donors (Lipinski definition) is 3. The first-order valence-corrected chi connectivity index (χ1v) is 6.94. The van der Waals surface area contributed by atoms with E-state index in [0.717, 1.165) is 0 Å². The van der Waals surface area contributed by atoms with E-state index < -0.39 is 12.0 Å². The SMILES string of the molecule is CCC(CNC(=O)Nc1ccc(OC)c(Cl)c1)CC(=O)O. The van der Waals surface area contributed by atoms with E-state index in [1.54, 1.807) is 18.2 Å². The molecule has 1 aromatic carbocycles. The first-order valence-electron chi connectivity index (χ1n) is 6.56. The Bertz CT molecular complexity index is 508. The molecule has 21 heavy (non-hydrogen) atoms. The molecule has 116 valence electrons. The fourth-order valence-corrected chi connectivity index (χ4v) is 2.02. The molecule has 0 aliphatic carbocycles. The van der Waals surface area contributed by atoms with E-state index in [1.807, 2.05) is 6.92 Å². The van der Waals surface area contributed by atoms with Gasteiger partial charge in [0, 0.05) is 18.7 Å². The van der Waals surface area contributed by atoms with Crippen LogP contribution in [0.5, 0.6) is 5.75 Å². The lowest BCUT2D eigenvalue weighted by atomic mass is 10.0. The summed E-state index contributed by atoms with van der Waals surface area (Å²) in [5, 5.41) is 14.4. The van der Waals surface area contributed by atoms with E-state index in [9.17, 15) is 9.59 Å². The molecule has 6 nitrogen and oxygen atoms in total. The van der Waals surface area contributed by atoms with Gasteiger partial charge in [0.2, 0.25) is 0 Å². The molecule has 2 amide bonds. The number of aliphatic carboxylic acids is 1. The molecule has 0 saturated heterocycles. The third-order valence-electron chi connectivity index (χ3n) is 3.00. The minimum absolute atomic E-state index is 0.0329. The maximum Gasteiger partial charge on any atom is 0.319 e. The van der Waals surface area contributed by atoms with Crippen molar-refractivity contribution in [2.75, 3.05) is 19.0 Å². The number of amides is 2. The summed E-state index contributed by atoms with van der Waals surface area (Å²) in [6.45, 7) is 2.19. The highest BCUT2D eigenvalue weighted by atomic mass is 35.5. The Morgan fingerprint density at radius 1 is 1.43 bits per heavy atom. The lowest BCUT2D eigenvalue weighted by Crippen LogP contribution is -2.33. The van der Waals surface area contributed by atoms with Crippen molar-refractivity contribution < 1.29 is 19.4 Å². The number of benzene rings is 1. The zero-order valence-corrected chi connectivity index (χ0v) is 12.7. The van der Waals surface area contributed by atoms with Crippen LogP contribution >= 0.6 is 11.6 Å². The smallest absolute Gasteiger partial charge is 0.319 e. The number of halogens is 1. The average Bonchev–Trinajstić information content (AvgIpc) is 2.43. The maximum atomic E-state index is 11.7. The van der Waals surface area contributed by atoms with Crippen molar-refractivity contribution in [3.05, 3.63) is 23.2 Å². The molecule has 0 heterocycles. The van der Waals surface area contributed by atoms with Gasteiger partial charge in [-0.2, -0.15) is 0 Å². The van der Waals surface area contributed by atoms with Crippen molar-refractivity contribution in [3.8, 4) is 5.75 Å². The predicted octanol–water partition coefficient (Wildman–Crippen LogP) is 2.97. The molecule has 1 rings (SSSR count). The van der Waals surface area contributed by atoms with E-state index in [2.05, 4.69) is 10.6 Å². The molecule has 0 aliphatic rings. The molecule has 0 aromatic heterocycles. The predicted molar refractivity (Wildman–Crippen MR) is 81.1 cm³/mol. The summed E-state index contributed by atoms with van der Waals surface area (Å²) >= 11 is 5.96. The first kappa shape index (κ1) is 17.1. The lowest BCUT2D eigenvalue weighted by molar-refractivity contribution is -0.138. The number of urea groups is 1. The first-order chi connectivity index (χ1) is 9.96. The average molecular weight is 315 g/mol. The molecule has 1 aromatic rings. The normalized spacial score (nSPS) is 11.6. The van der Waals surface area contributed by atoms with Gasteiger partial charge in [-0.05, 0) is 24.1 Å². The van der Waals surface area contributed by atoms with Crippen molar-refractivity contribution in [3.63, 3.8) is 0 Å². The van der Waals surface area contributed by atoms with Gasteiger partial charge in [-0.3, -0.25) is 4.79 Å². The number of carbonyl (C=O) groups is 2. The van der Waals surface area contributed by atoms with Gasteiger partial charge in [-0.25, -0.2) is 4.79 Å². The number of rotatable bonds is 7. The van der Waals surface area contributed by atoms with Crippen molar-refractivity contribution in [2.24, 2.45) is 5.92 Å². The number of hydrogen-bond acceptors (Lipinski definition) is 3. The van der Waals surface area contributed by atoms with Crippen molar-refractivity contribution in [1.82, 2.24) is 5.32 Å². The Labute approximate surface area is 128 Å². The second kappa shape index (κ2) is 8.36. The van der Waals surface area contributed by atoms with Crippen LogP contribution in [-0.2, 0) is 4.79 Å². The quantitative estimate of drug-likeness (QED) is 0.722. The van der Waals surface area contributed by atoms with Gasteiger partial charge in [0.05, 0.1) is 12.1 Å². The minimum Gasteiger partial charge on any atom is -0.495 e. The fraction of sp³-hybridized carbons (Fsp3) is 0.429. The topological polar surface area (TPSA) is 87.7 Å². The molecule has 0 fully saturated rings. The second-order valence-electron chi connectivity index (χ2n) is 4.56. The summed E-state index contributed by atoms with van der Waals surface area (Å²) in [6.07, 6.45) is 0.714. The van der Waals surface area contributed by atoms with Gasteiger partial charge < -0.3 is 20.5 Å². The Morgan fingerprint density at radius 2 is 2.14 bits per heavy atom. The highest BCUT2D eigenvalue weighted by Crippen LogP contribution is 2.27. The third-order valence-corrected chi connectivity index (χ3v) is 3.30. The number of carboxylic acids is 1. The molecule has 1 unspecified atom stereocenters. The monoisotopic (exact) mass is 314 g/mol. The maximum absolute atomic E-state index is 11.7. The molecule has 0 spiro atoms. The van der Waals surface area contributed by atoms with Crippen molar-refractivity contribution in [2.45, 2.75) is 19.8 Å². The molecular formula is C14H19ClN2O4. The Kier molecular flexibility index (Phi) is 6.81. The Morgan fingerprint density at radius 3 is 2.67 bits per heavy atom. The van der Waals surface area contributed by atoms with Gasteiger partial charge in [0.15, 0.2) is 0 Å². The summed E-state index contributed by atoms with van der Waals surface area (Å²) < 4.78 is 5.02. The number of anilines is 1.